The number of ether oxygens (including phenoxy) is 2. The van der Waals surface area contributed by atoms with Gasteiger partial charge in [0.05, 0.1) is 29.5 Å². The van der Waals surface area contributed by atoms with Crippen molar-refractivity contribution in [3.63, 3.8) is 0 Å². The van der Waals surface area contributed by atoms with Crippen LogP contribution in [0.1, 0.15) is 49.8 Å². The highest BCUT2D eigenvalue weighted by atomic mass is 32.2. The zero-order valence-electron chi connectivity index (χ0n) is 27.7. The third-order valence-corrected chi connectivity index (χ3v) is 11.3. The summed E-state index contributed by atoms with van der Waals surface area (Å²) in [6.07, 6.45) is 1.73. The quantitative estimate of drug-likeness (QED) is 0.315. The Morgan fingerprint density at radius 1 is 0.959 bits per heavy atom. The average molecular weight is 690 g/mol. The summed E-state index contributed by atoms with van der Waals surface area (Å²) in [5.41, 5.74) is -2.40. The molecule has 2 amide bonds. The fourth-order valence-corrected chi connectivity index (χ4v) is 8.68. The number of likely N-dealkylation sites (tertiary alicyclic amines) is 1. The van der Waals surface area contributed by atoms with Crippen molar-refractivity contribution in [1.29, 1.82) is 5.26 Å². The number of piperazine rings is 1. The highest BCUT2D eigenvalue weighted by Crippen LogP contribution is 2.52. The fourth-order valence-electron chi connectivity index (χ4n) is 7.15. The highest BCUT2D eigenvalue weighted by Gasteiger charge is 2.61. The van der Waals surface area contributed by atoms with Crippen molar-refractivity contribution < 1.29 is 31.9 Å². The van der Waals surface area contributed by atoms with Crippen LogP contribution in [-0.4, -0.2) is 93.6 Å². The zero-order chi connectivity index (χ0) is 34.8. The number of nitrogens with zero attached hydrogens (tertiary/aromatic N) is 5. The normalized spacial score (nSPS) is 20.6. The van der Waals surface area contributed by atoms with Crippen molar-refractivity contribution in [2.45, 2.75) is 49.6 Å². The number of amides is 2. The van der Waals surface area contributed by atoms with E-state index in [1.807, 2.05) is 6.07 Å². The Balaban J connectivity index is 1.39. The second-order valence-electron chi connectivity index (χ2n) is 12.4. The van der Waals surface area contributed by atoms with Crippen LogP contribution < -0.4 is 9.04 Å². The van der Waals surface area contributed by atoms with E-state index < -0.39 is 38.3 Å². The van der Waals surface area contributed by atoms with Gasteiger partial charge in [-0.05, 0) is 69.1 Å². The molecule has 3 aliphatic heterocycles. The molecular weight excluding hydrogens is 649 g/mol. The highest BCUT2D eigenvalue weighted by molar-refractivity contribution is 7.93. The molecule has 0 N–H and O–H groups in total. The first-order valence-electron chi connectivity index (χ1n) is 16.7. The van der Waals surface area contributed by atoms with E-state index in [2.05, 4.69) is 16.7 Å². The van der Waals surface area contributed by atoms with Crippen LogP contribution >= 0.6 is 0 Å². The van der Waals surface area contributed by atoms with Crippen LogP contribution in [0.4, 0.5) is 14.9 Å². The summed E-state index contributed by atoms with van der Waals surface area (Å²) < 4.78 is 56.0. The standard InChI is InChI=1S/C36H40FN5O6S/c1-3-17-39-20-22-40(23-21-39)27-15-18-41(19-16-27)35(44)48-36(28-9-5-7-11-32(28)47-4-2)29-24-26(25-38)13-14-31(29)42(34(36)43)49(45,46)33-12-8-6-10-30(33)37/h5-14,24,27H,3-4,15-23H2,1-2H3. The molecule has 11 nitrogen and oxygen atoms in total. The Morgan fingerprint density at radius 3 is 2.33 bits per heavy atom. The van der Waals surface area contributed by atoms with Gasteiger partial charge in [-0.2, -0.15) is 9.57 Å². The van der Waals surface area contributed by atoms with Crippen LogP contribution in [0.5, 0.6) is 5.75 Å². The van der Waals surface area contributed by atoms with Gasteiger partial charge in [0, 0.05) is 50.9 Å². The number of benzene rings is 3. The summed E-state index contributed by atoms with van der Waals surface area (Å²) in [4.78, 5) is 34.8. The molecule has 0 spiro atoms. The molecule has 258 valence electrons. The van der Waals surface area contributed by atoms with Crippen molar-refractivity contribution in [3.8, 4) is 11.8 Å². The van der Waals surface area contributed by atoms with E-state index in [1.54, 1.807) is 25.1 Å². The van der Waals surface area contributed by atoms with Gasteiger partial charge >= 0.3 is 6.09 Å². The summed E-state index contributed by atoms with van der Waals surface area (Å²) in [5.74, 6) is -2.02. The van der Waals surface area contributed by atoms with E-state index in [9.17, 15) is 23.3 Å². The molecule has 0 aromatic heterocycles. The fraction of sp³-hybridized carbons (Fsp3) is 0.417. The van der Waals surface area contributed by atoms with E-state index in [0.717, 1.165) is 51.3 Å². The van der Waals surface area contributed by atoms with Gasteiger partial charge in [-0.15, -0.1) is 0 Å². The molecule has 3 aromatic carbocycles. The molecule has 49 heavy (non-hydrogen) atoms. The number of sulfonamides is 1. The van der Waals surface area contributed by atoms with Gasteiger partial charge in [0.1, 0.15) is 16.5 Å². The van der Waals surface area contributed by atoms with Gasteiger partial charge in [-0.3, -0.25) is 9.69 Å². The molecule has 6 rings (SSSR count). The Hall–Kier alpha value is -4.51. The Bertz CT molecular complexity index is 1870. The predicted molar refractivity (Wildman–Crippen MR) is 180 cm³/mol. The third-order valence-electron chi connectivity index (χ3n) is 9.56. The maximum absolute atomic E-state index is 15.0. The summed E-state index contributed by atoms with van der Waals surface area (Å²) in [5, 5.41) is 9.85. The van der Waals surface area contributed by atoms with E-state index >= 15 is 4.39 Å². The summed E-state index contributed by atoms with van der Waals surface area (Å²) in [7, 11) is -4.87. The number of para-hydroxylation sites is 1. The maximum Gasteiger partial charge on any atom is 0.411 e. The third kappa shape index (κ3) is 6.24. The van der Waals surface area contributed by atoms with Gasteiger partial charge in [-0.1, -0.05) is 37.3 Å². The minimum atomic E-state index is -4.87. The lowest BCUT2D eigenvalue weighted by Crippen LogP contribution is -2.54. The molecular formula is C36H40FN5O6S. The molecule has 13 heteroatoms. The Labute approximate surface area is 286 Å². The van der Waals surface area contributed by atoms with Crippen molar-refractivity contribution >= 4 is 27.7 Å². The SMILES string of the molecule is CCCN1CCN(C2CCN(C(=O)OC3(c4ccccc4OCC)C(=O)N(S(=O)(=O)c4ccccc4F)c4ccc(C#N)cc43)CC2)CC1. The zero-order valence-corrected chi connectivity index (χ0v) is 28.5. The number of fused-ring (bicyclic) bond motifs is 1. The van der Waals surface area contributed by atoms with E-state index in [1.165, 1.54) is 41.3 Å². The molecule has 0 saturated carbocycles. The number of carbonyl (C=O) groups excluding carboxylic acids is 2. The largest absolute Gasteiger partial charge is 0.493 e. The minimum absolute atomic E-state index is 0.0446. The van der Waals surface area contributed by atoms with Crippen LogP contribution in [0.2, 0.25) is 0 Å². The van der Waals surface area contributed by atoms with E-state index in [4.69, 9.17) is 9.47 Å². The maximum atomic E-state index is 15.0. The minimum Gasteiger partial charge on any atom is -0.493 e. The molecule has 0 bridgehead atoms. The van der Waals surface area contributed by atoms with Gasteiger partial charge in [-0.25, -0.2) is 17.6 Å². The first kappa shape index (κ1) is 34.4. The number of anilines is 1. The van der Waals surface area contributed by atoms with E-state index in [0.29, 0.717) is 36.3 Å². The van der Waals surface area contributed by atoms with Crippen molar-refractivity contribution in [2.24, 2.45) is 0 Å². The lowest BCUT2D eigenvalue weighted by molar-refractivity contribution is -0.132. The lowest BCUT2D eigenvalue weighted by atomic mass is 9.85. The number of hydrogen-bond acceptors (Lipinski definition) is 9. The van der Waals surface area contributed by atoms with Crippen LogP contribution in [0, 0.1) is 17.1 Å². The van der Waals surface area contributed by atoms with Gasteiger partial charge < -0.3 is 19.3 Å². The van der Waals surface area contributed by atoms with Crippen molar-refractivity contribution in [2.75, 3.05) is 56.7 Å². The average Bonchev–Trinajstić information content (AvgIpc) is 3.36. The first-order valence-corrected chi connectivity index (χ1v) is 18.1. The molecule has 0 radical (unpaired) electrons. The number of halogens is 1. The molecule has 1 unspecified atom stereocenters. The van der Waals surface area contributed by atoms with E-state index in [-0.39, 0.29) is 34.7 Å². The molecule has 1 atom stereocenters. The number of rotatable bonds is 9. The number of piperidine rings is 1. The monoisotopic (exact) mass is 689 g/mol. The molecule has 3 aromatic rings. The van der Waals surface area contributed by atoms with Gasteiger partial charge in [0.2, 0.25) is 5.60 Å². The first-order chi connectivity index (χ1) is 23.6. The molecule has 3 aliphatic rings. The topological polar surface area (TPSA) is 123 Å². The second kappa shape index (κ2) is 14.2. The summed E-state index contributed by atoms with van der Waals surface area (Å²) in [6, 6.07) is 17.5. The smallest absolute Gasteiger partial charge is 0.411 e. The second-order valence-corrected chi connectivity index (χ2v) is 14.2. The van der Waals surface area contributed by atoms with Crippen LogP contribution in [0.25, 0.3) is 0 Å². The van der Waals surface area contributed by atoms with Crippen LogP contribution in [-0.2, 0) is 25.2 Å². The van der Waals surface area contributed by atoms with Crippen molar-refractivity contribution in [1.82, 2.24) is 14.7 Å². The van der Waals surface area contributed by atoms with Crippen LogP contribution in [0.3, 0.4) is 0 Å². The number of nitriles is 1. The predicted octanol–water partition coefficient (Wildman–Crippen LogP) is 4.70. The summed E-state index contributed by atoms with van der Waals surface area (Å²) in [6.45, 7) is 9.90. The molecule has 2 saturated heterocycles. The van der Waals surface area contributed by atoms with Crippen LogP contribution in [0.15, 0.2) is 71.6 Å². The Morgan fingerprint density at radius 2 is 1.65 bits per heavy atom. The van der Waals surface area contributed by atoms with Crippen molar-refractivity contribution in [3.05, 3.63) is 89.2 Å². The van der Waals surface area contributed by atoms with Gasteiger partial charge in [0.15, 0.2) is 0 Å². The lowest BCUT2D eigenvalue weighted by Gasteiger charge is -2.43. The number of carbonyl (C=O) groups is 2. The summed E-state index contributed by atoms with van der Waals surface area (Å²) >= 11 is 0. The molecule has 3 heterocycles. The van der Waals surface area contributed by atoms with Gasteiger partial charge in [0.25, 0.3) is 15.9 Å². The molecule has 0 aliphatic carbocycles. The molecule has 2 fully saturated rings. The number of hydrogen-bond donors (Lipinski definition) is 0. The Kier molecular flexibility index (Phi) is 9.92.